The highest BCUT2D eigenvalue weighted by molar-refractivity contribution is 5.92. The fourth-order valence-electron chi connectivity index (χ4n) is 8.52. The minimum Gasteiger partial charge on any atom is -0.458 e. The zero-order chi connectivity index (χ0) is 23.3. The van der Waals surface area contributed by atoms with Gasteiger partial charge in [-0.1, -0.05) is 34.6 Å². The molecule has 2 spiro atoms. The molecule has 6 fully saturated rings. The minimum absolute atomic E-state index is 0.0321. The van der Waals surface area contributed by atoms with Gasteiger partial charge in [0.2, 0.25) is 0 Å². The zero-order valence-corrected chi connectivity index (χ0v) is 19.9. The van der Waals surface area contributed by atoms with Crippen molar-refractivity contribution in [3.8, 4) is 0 Å². The molecule has 8 aliphatic rings. The van der Waals surface area contributed by atoms with Gasteiger partial charge in [-0.05, 0) is 30.3 Å². The van der Waals surface area contributed by atoms with E-state index in [0.717, 1.165) is 17.6 Å². The Hall–Kier alpha value is -1.48. The number of cyclic esters (lactones) is 1. The van der Waals surface area contributed by atoms with E-state index in [4.69, 9.17) is 29.4 Å². The summed E-state index contributed by atoms with van der Waals surface area (Å²) in [6.45, 7) is 10.7. The Morgan fingerprint density at radius 2 is 1.88 bits per heavy atom. The average Bonchev–Trinajstić information content (AvgIpc) is 3.61. The van der Waals surface area contributed by atoms with Gasteiger partial charge in [0.05, 0.1) is 6.10 Å². The second kappa shape index (κ2) is 5.83. The van der Waals surface area contributed by atoms with Crippen LogP contribution in [-0.2, 0) is 33.3 Å². The van der Waals surface area contributed by atoms with Crippen LogP contribution in [0.3, 0.4) is 0 Å². The van der Waals surface area contributed by atoms with Gasteiger partial charge in [0, 0.05) is 23.3 Å². The molecule has 0 radical (unpaired) electrons. The van der Waals surface area contributed by atoms with Crippen LogP contribution in [0.1, 0.15) is 53.9 Å². The van der Waals surface area contributed by atoms with Crippen molar-refractivity contribution in [1.82, 2.24) is 0 Å². The van der Waals surface area contributed by atoms with Crippen LogP contribution in [0.4, 0.5) is 0 Å². The largest absolute Gasteiger partial charge is 0.458 e. The molecular weight excluding hydrogens is 426 g/mol. The Bertz CT molecular complexity index is 1010. The minimum atomic E-state index is -0.751. The predicted molar refractivity (Wildman–Crippen MR) is 114 cm³/mol. The number of carbonyl (C=O) groups is 2. The number of fused-ring (bicyclic) bond motifs is 2. The number of nitrogens with two attached hydrogens (primary N) is 1. The molecule has 5 heterocycles. The van der Waals surface area contributed by atoms with Crippen LogP contribution in [0.15, 0.2) is 11.1 Å². The molecule has 2 N–H and O–H groups in total. The summed E-state index contributed by atoms with van der Waals surface area (Å²) in [6, 6.07) is -0.705. The van der Waals surface area contributed by atoms with Crippen LogP contribution >= 0.6 is 0 Å². The first kappa shape index (κ1) is 20.9. The number of hydrogen-bond donors (Lipinski definition) is 1. The summed E-state index contributed by atoms with van der Waals surface area (Å²) in [4.78, 5) is 25.4. The Balaban J connectivity index is 1.33. The molecule has 8 heteroatoms. The molecule has 4 saturated heterocycles. The molecule has 180 valence electrons. The van der Waals surface area contributed by atoms with E-state index >= 15 is 0 Å². The molecule has 2 bridgehead atoms. The summed E-state index contributed by atoms with van der Waals surface area (Å²) in [7, 11) is 0. The van der Waals surface area contributed by atoms with Crippen LogP contribution in [-0.4, -0.2) is 65.8 Å². The Morgan fingerprint density at radius 3 is 2.55 bits per heavy atom. The van der Waals surface area contributed by atoms with Gasteiger partial charge in [-0.3, -0.25) is 4.79 Å². The molecule has 0 aromatic rings. The fraction of sp³-hybridized carbons (Fsp3) is 0.840. The van der Waals surface area contributed by atoms with E-state index in [1.807, 2.05) is 13.8 Å². The molecule has 10 atom stereocenters. The lowest BCUT2D eigenvalue weighted by Gasteiger charge is -2.70. The van der Waals surface area contributed by atoms with Gasteiger partial charge in [0.15, 0.2) is 6.10 Å². The third kappa shape index (κ3) is 2.00. The van der Waals surface area contributed by atoms with Gasteiger partial charge < -0.3 is 29.4 Å². The molecule has 0 aromatic heterocycles. The van der Waals surface area contributed by atoms with Crippen LogP contribution in [0.2, 0.25) is 0 Å². The fourth-order valence-corrected chi connectivity index (χ4v) is 8.52. The van der Waals surface area contributed by atoms with Crippen molar-refractivity contribution in [1.29, 1.82) is 0 Å². The number of hydrogen-bond acceptors (Lipinski definition) is 8. The SMILES string of the molecule is CC(C)[C@@H](N)C(=O)O[C@@H]1[C@@]2(C(C)C)O[C@H]2[C@@H]2O[C@@]23[C@@]2(C)CCC4=C(COC4=O)[C@@H]2C2C[C@@]13O2. The number of ether oxygens (including phenoxy) is 5. The van der Waals surface area contributed by atoms with Crippen LogP contribution in [0, 0.1) is 23.2 Å². The predicted octanol–water partition coefficient (Wildman–Crippen LogP) is 1.64. The van der Waals surface area contributed by atoms with Gasteiger partial charge >= 0.3 is 11.9 Å². The van der Waals surface area contributed by atoms with Crippen LogP contribution in [0.25, 0.3) is 0 Å². The lowest BCUT2D eigenvalue weighted by Crippen LogP contribution is -2.84. The van der Waals surface area contributed by atoms with E-state index in [0.29, 0.717) is 19.4 Å². The van der Waals surface area contributed by atoms with E-state index in [9.17, 15) is 9.59 Å². The first-order valence-corrected chi connectivity index (χ1v) is 12.4. The monoisotopic (exact) mass is 459 g/mol. The van der Waals surface area contributed by atoms with Gasteiger partial charge in [0.25, 0.3) is 0 Å². The van der Waals surface area contributed by atoms with Gasteiger partial charge in [-0.25, -0.2) is 4.79 Å². The first-order valence-electron chi connectivity index (χ1n) is 12.4. The quantitative estimate of drug-likeness (QED) is 0.499. The van der Waals surface area contributed by atoms with Crippen LogP contribution in [0.5, 0.6) is 0 Å². The summed E-state index contributed by atoms with van der Waals surface area (Å²) < 4.78 is 31.6. The summed E-state index contributed by atoms with van der Waals surface area (Å²) in [5.41, 5.74) is 5.89. The highest BCUT2D eigenvalue weighted by Crippen LogP contribution is 2.82. The average molecular weight is 460 g/mol. The van der Waals surface area contributed by atoms with Gasteiger partial charge in [-0.2, -0.15) is 0 Å². The van der Waals surface area contributed by atoms with E-state index in [2.05, 4.69) is 20.8 Å². The van der Waals surface area contributed by atoms with Crippen molar-refractivity contribution in [2.24, 2.45) is 28.9 Å². The number of epoxide rings is 2. The Labute approximate surface area is 193 Å². The molecule has 0 amide bonds. The summed E-state index contributed by atoms with van der Waals surface area (Å²) in [5, 5.41) is 0. The maximum atomic E-state index is 13.1. The highest BCUT2D eigenvalue weighted by Gasteiger charge is 2.98. The van der Waals surface area contributed by atoms with Crippen molar-refractivity contribution in [3.63, 3.8) is 0 Å². The van der Waals surface area contributed by atoms with E-state index in [1.165, 1.54) is 0 Å². The molecule has 8 nitrogen and oxygen atoms in total. The Kier molecular flexibility index (Phi) is 3.69. The maximum Gasteiger partial charge on any atom is 0.334 e. The normalized spacial score (nSPS) is 53.2. The molecule has 5 aliphatic heterocycles. The second-order valence-corrected chi connectivity index (χ2v) is 12.1. The smallest absolute Gasteiger partial charge is 0.334 e. The standard InChI is InChI=1S/C25H33NO7/c1-10(2)16(26)20(28)30-21-23-8-14(31-23)15-13-9-29-19(27)12(13)6-7-22(15,5)25(23)18(33-25)17-24(21,32-17)11(3)4/h10-11,14-18,21H,6-9,26H2,1-5H3/t14?,15-,16-,17+,18+,21+,22+,23-,24+,25-/m1/s1. The Morgan fingerprint density at radius 1 is 1.15 bits per heavy atom. The summed E-state index contributed by atoms with van der Waals surface area (Å²) in [6.07, 6.45) is 1.37. The molecule has 0 aromatic carbocycles. The highest BCUT2D eigenvalue weighted by atomic mass is 16.7. The third-order valence-electron chi connectivity index (χ3n) is 10.3. The molecular formula is C25H33NO7. The second-order valence-electron chi connectivity index (χ2n) is 12.1. The third-order valence-corrected chi connectivity index (χ3v) is 10.3. The van der Waals surface area contributed by atoms with Gasteiger partial charge in [-0.15, -0.1) is 0 Å². The molecule has 1 unspecified atom stereocenters. The summed E-state index contributed by atoms with van der Waals surface area (Å²) >= 11 is 0. The topological polar surface area (TPSA) is 113 Å². The van der Waals surface area contributed by atoms with E-state index < -0.39 is 34.9 Å². The number of rotatable bonds is 4. The molecule has 33 heavy (non-hydrogen) atoms. The van der Waals surface area contributed by atoms with Crippen molar-refractivity contribution < 1.29 is 33.3 Å². The molecule has 8 rings (SSSR count). The van der Waals surface area contributed by atoms with E-state index in [1.54, 1.807) is 0 Å². The van der Waals surface area contributed by atoms with Gasteiger partial charge in [0.1, 0.15) is 41.7 Å². The van der Waals surface area contributed by atoms with Crippen molar-refractivity contribution >= 4 is 11.9 Å². The maximum absolute atomic E-state index is 13.1. The van der Waals surface area contributed by atoms with Crippen molar-refractivity contribution in [3.05, 3.63) is 11.1 Å². The van der Waals surface area contributed by atoms with Crippen LogP contribution < -0.4 is 5.73 Å². The zero-order valence-electron chi connectivity index (χ0n) is 19.9. The molecule has 3 aliphatic carbocycles. The lowest BCUT2D eigenvalue weighted by molar-refractivity contribution is -0.367. The van der Waals surface area contributed by atoms with Crippen molar-refractivity contribution in [2.75, 3.05) is 6.61 Å². The number of carbonyl (C=O) groups excluding carboxylic acids is 2. The number of esters is 2. The van der Waals surface area contributed by atoms with E-state index in [-0.39, 0.29) is 47.4 Å². The lowest BCUT2D eigenvalue weighted by atomic mass is 9.42. The first-order chi connectivity index (χ1) is 15.5. The van der Waals surface area contributed by atoms with Crippen molar-refractivity contribution in [2.45, 2.75) is 101 Å². The summed E-state index contributed by atoms with van der Waals surface area (Å²) in [5.74, 6) is -0.427. The molecule has 2 saturated carbocycles.